The van der Waals surface area contributed by atoms with Crippen molar-refractivity contribution in [3.8, 4) is 11.5 Å². The molecule has 1 rings (SSSR count). The SMILES string of the molecule is C.CNC(=O)CCCOc1cc([N+](=O)[O-])c(C(C)NC(=O)C(CC(C)C)NC(=O)CI)cc1OC. The molecule has 0 heterocycles. The smallest absolute Gasteiger partial charge is 0.278 e. The number of carbonyl (C=O) groups excluding carboxylic acids is 3. The van der Waals surface area contributed by atoms with Crippen LogP contribution in [0.3, 0.4) is 0 Å². The first kappa shape index (κ1) is 32.4. The maximum atomic E-state index is 12.9. The zero-order valence-electron chi connectivity index (χ0n) is 20.1. The van der Waals surface area contributed by atoms with Gasteiger partial charge in [-0.1, -0.05) is 43.9 Å². The predicted octanol–water partition coefficient (Wildman–Crippen LogP) is 3.29. The molecule has 0 spiro atoms. The minimum Gasteiger partial charge on any atom is -0.493 e. The minimum atomic E-state index is -0.756. The number of nitrogens with zero attached hydrogens (tertiary/aromatic N) is 1. The van der Waals surface area contributed by atoms with Crippen LogP contribution >= 0.6 is 22.6 Å². The third-order valence-electron chi connectivity index (χ3n) is 4.90. The highest BCUT2D eigenvalue weighted by Crippen LogP contribution is 2.37. The summed E-state index contributed by atoms with van der Waals surface area (Å²) in [5, 5.41) is 19.7. The lowest BCUT2D eigenvalue weighted by Gasteiger charge is -2.23. The molecule has 0 aliphatic rings. The monoisotopic (exact) mass is 608 g/mol. The lowest BCUT2D eigenvalue weighted by atomic mass is 10.0. The number of nitrogens with one attached hydrogen (secondary N) is 3. The van der Waals surface area contributed by atoms with Gasteiger partial charge in [0, 0.05) is 13.5 Å². The number of hydrogen-bond acceptors (Lipinski definition) is 7. The average Bonchev–Trinajstić information content (AvgIpc) is 2.79. The molecule has 0 aromatic heterocycles. The molecule has 0 aliphatic carbocycles. The fourth-order valence-electron chi connectivity index (χ4n) is 3.21. The molecule has 0 aliphatic heterocycles. The van der Waals surface area contributed by atoms with E-state index in [1.165, 1.54) is 26.3 Å². The van der Waals surface area contributed by atoms with Gasteiger partial charge in [-0.05, 0) is 31.7 Å². The largest absolute Gasteiger partial charge is 0.493 e. The summed E-state index contributed by atoms with van der Waals surface area (Å²) in [7, 11) is 2.94. The van der Waals surface area contributed by atoms with Crippen LogP contribution in [0.25, 0.3) is 0 Å². The van der Waals surface area contributed by atoms with E-state index in [0.717, 1.165) is 0 Å². The quantitative estimate of drug-likeness (QED) is 0.0965. The first-order valence-corrected chi connectivity index (χ1v) is 12.4. The predicted molar refractivity (Wildman–Crippen MR) is 142 cm³/mol. The Bertz CT molecular complexity index is 880. The summed E-state index contributed by atoms with van der Waals surface area (Å²) < 4.78 is 11.2. The van der Waals surface area contributed by atoms with Crippen molar-refractivity contribution in [2.75, 3.05) is 25.2 Å². The molecule has 2 atom stereocenters. The molecule has 3 N–H and O–H groups in total. The summed E-state index contributed by atoms with van der Waals surface area (Å²) in [6.45, 7) is 5.65. The Kier molecular flexibility index (Phi) is 14.9. The van der Waals surface area contributed by atoms with Gasteiger partial charge in [-0.25, -0.2) is 0 Å². The van der Waals surface area contributed by atoms with Crippen LogP contribution in [-0.4, -0.2) is 53.9 Å². The Morgan fingerprint density at radius 3 is 2.29 bits per heavy atom. The van der Waals surface area contributed by atoms with Crippen molar-refractivity contribution in [2.45, 2.75) is 59.5 Å². The van der Waals surface area contributed by atoms with E-state index in [1.807, 2.05) is 36.4 Å². The van der Waals surface area contributed by atoms with Gasteiger partial charge in [0.2, 0.25) is 17.7 Å². The number of alkyl halides is 1. The second-order valence-electron chi connectivity index (χ2n) is 8.06. The van der Waals surface area contributed by atoms with Gasteiger partial charge in [0.15, 0.2) is 11.5 Å². The molecule has 2 unspecified atom stereocenters. The van der Waals surface area contributed by atoms with E-state index in [4.69, 9.17) is 9.47 Å². The number of carbonyl (C=O) groups is 3. The van der Waals surface area contributed by atoms with E-state index in [-0.39, 0.29) is 65.4 Å². The molecule has 0 saturated carbocycles. The van der Waals surface area contributed by atoms with E-state index in [0.29, 0.717) is 12.8 Å². The highest BCUT2D eigenvalue weighted by molar-refractivity contribution is 14.1. The number of benzene rings is 1. The van der Waals surface area contributed by atoms with Gasteiger partial charge in [-0.3, -0.25) is 24.5 Å². The third-order valence-corrected chi connectivity index (χ3v) is 5.59. The van der Waals surface area contributed by atoms with E-state index in [1.54, 1.807) is 6.92 Å². The van der Waals surface area contributed by atoms with Crippen molar-refractivity contribution in [1.82, 2.24) is 16.0 Å². The summed E-state index contributed by atoms with van der Waals surface area (Å²) in [6, 6.07) is 1.21. The molecule has 0 fully saturated rings. The number of nitro groups is 1. The molecule has 0 bridgehead atoms. The van der Waals surface area contributed by atoms with Gasteiger partial charge in [0.1, 0.15) is 6.04 Å². The summed E-state index contributed by atoms with van der Waals surface area (Å²) in [6.07, 6.45) is 1.11. The lowest BCUT2D eigenvalue weighted by molar-refractivity contribution is -0.385. The summed E-state index contributed by atoms with van der Waals surface area (Å²) >= 11 is 1.91. The summed E-state index contributed by atoms with van der Waals surface area (Å²) in [5.74, 6) is -0.248. The highest BCUT2D eigenvalue weighted by Gasteiger charge is 2.28. The zero-order valence-corrected chi connectivity index (χ0v) is 22.3. The minimum absolute atomic E-state index is 0. The van der Waals surface area contributed by atoms with Gasteiger partial charge in [-0.15, -0.1) is 0 Å². The molecule has 0 saturated heterocycles. The lowest BCUT2D eigenvalue weighted by Crippen LogP contribution is -2.48. The second kappa shape index (κ2) is 16.1. The third kappa shape index (κ3) is 10.7. The molecule has 12 heteroatoms. The molecular formula is C23H37IN4O7. The van der Waals surface area contributed by atoms with Crippen molar-refractivity contribution < 1.29 is 28.8 Å². The summed E-state index contributed by atoms with van der Waals surface area (Å²) in [4.78, 5) is 47.3. The number of rotatable bonds is 14. The average molecular weight is 608 g/mol. The first-order chi connectivity index (χ1) is 16.0. The number of hydrogen-bond donors (Lipinski definition) is 3. The molecule has 11 nitrogen and oxygen atoms in total. The van der Waals surface area contributed by atoms with E-state index < -0.39 is 22.9 Å². The van der Waals surface area contributed by atoms with Gasteiger partial charge >= 0.3 is 0 Å². The molecular weight excluding hydrogens is 571 g/mol. The Balaban J connectivity index is 0.0000116. The van der Waals surface area contributed by atoms with Crippen LogP contribution in [0.15, 0.2) is 12.1 Å². The summed E-state index contributed by atoms with van der Waals surface area (Å²) in [5.41, 5.74) is -0.0111. The number of methoxy groups -OCH3 is 1. The highest BCUT2D eigenvalue weighted by atomic mass is 127. The Hall–Kier alpha value is -2.64. The van der Waals surface area contributed by atoms with Crippen LogP contribution in [-0.2, 0) is 14.4 Å². The Labute approximate surface area is 220 Å². The number of nitro benzene ring substituents is 1. The molecule has 0 radical (unpaired) electrons. The fraction of sp³-hybridized carbons (Fsp3) is 0.609. The maximum Gasteiger partial charge on any atom is 0.278 e. The van der Waals surface area contributed by atoms with Gasteiger partial charge in [0.25, 0.3) is 5.69 Å². The van der Waals surface area contributed by atoms with Crippen molar-refractivity contribution in [2.24, 2.45) is 5.92 Å². The molecule has 198 valence electrons. The topological polar surface area (TPSA) is 149 Å². The number of halogens is 1. The van der Waals surface area contributed by atoms with Crippen LogP contribution in [0.5, 0.6) is 11.5 Å². The molecule has 1 aromatic rings. The van der Waals surface area contributed by atoms with Crippen molar-refractivity contribution in [3.05, 3.63) is 27.8 Å². The zero-order chi connectivity index (χ0) is 25.8. The van der Waals surface area contributed by atoms with Gasteiger partial charge in [-0.2, -0.15) is 0 Å². The van der Waals surface area contributed by atoms with Crippen LogP contribution in [0, 0.1) is 16.0 Å². The van der Waals surface area contributed by atoms with Crippen molar-refractivity contribution in [1.29, 1.82) is 0 Å². The molecule has 1 aromatic carbocycles. The van der Waals surface area contributed by atoms with Crippen molar-refractivity contribution in [3.63, 3.8) is 0 Å². The van der Waals surface area contributed by atoms with E-state index in [9.17, 15) is 24.5 Å². The van der Waals surface area contributed by atoms with Crippen LogP contribution in [0.2, 0.25) is 0 Å². The Morgan fingerprint density at radius 2 is 1.77 bits per heavy atom. The maximum absolute atomic E-state index is 12.9. The number of ether oxygens (including phenoxy) is 2. The molecule has 35 heavy (non-hydrogen) atoms. The van der Waals surface area contributed by atoms with Gasteiger partial charge < -0.3 is 25.4 Å². The number of amides is 3. The van der Waals surface area contributed by atoms with Crippen LogP contribution in [0.1, 0.15) is 59.1 Å². The second-order valence-corrected chi connectivity index (χ2v) is 8.82. The molecule has 3 amide bonds. The standard InChI is InChI=1S/C22H33IN4O7.CH4/c1-13(2)9-16(26-21(29)12-23)22(30)25-14(3)15-10-18(33-5)19(11-17(15)27(31)32)34-8-6-7-20(28)24-4;/h10-11,13-14,16H,6-9,12H2,1-5H3,(H,24,28)(H,25,30)(H,26,29);1H4. The van der Waals surface area contributed by atoms with Crippen LogP contribution in [0.4, 0.5) is 5.69 Å². The first-order valence-electron chi connectivity index (χ1n) is 10.9. The normalized spacial score (nSPS) is 12.1. The fourth-order valence-corrected chi connectivity index (χ4v) is 3.43. The Morgan fingerprint density at radius 1 is 1.11 bits per heavy atom. The van der Waals surface area contributed by atoms with E-state index in [2.05, 4.69) is 16.0 Å². The van der Waals surface area contributed by atoms with E-state index >= 15 is 0 Å². The van der Waals surface area contributed by atoms with Crippen molar-refractivity contribution >= 4 is 46.0 Å². The van der Waals surface area contributed by atoms with Gasteiger partial charge in [0.05, 0.1) is 40.7 Å². The van der Waals surface area contributed by atoms with Crippen LogP contribution < -0.4 is 25.4 Å².